The van der Waals surface area contributed by atoms with Gasteiger partial charge in [-0.25, -0.2) is 0 Å². The molecule has 1 amide bonds. The van der Waals surface area contributed by atoms with Crippen molar-refractivity contribution in [2.75, 3.05) is 26.8 Å². The van der Waals surface area contributed by atoms with Crippen LogP contribution in [0, 0.1) is 11.3 Å². The predicted molar refractivity (Wildman–Crippen MR) is 82.2 cm³/mol. The van der Waals surface area contributed by atoms with E-state index in [4.69, 9.17) is 10.5 Å². The molecule has 0 spiro atoms. The van der Waals surface area contributed by atoms with Crippen LogP contribution in [0.4, 0.5) is 0 Å². The van der Waals surface area contributed by atoms with E-state index in [9.17, 15) is 14.7 Å². The molecular formula is C16H26N2O4. The monoisotopic (exact) mass is 310 g/mol. The molecule has 6 heteroatoms. The van der Waals surface area contributed by atoms with Crippen molar-refractivity contribution < 1.29 is 19.4 Å². The van der Waals surface area contributed by atoms with E-state index in [-0.39, 0.29) is 18.4 Å². The minimum Gasteiger partial charge on any atom is -0.481 e. The highest BCUT2D eigenvalue weighted by molar-refractivity contribution is 5.83. The molecule has 1 heterocycles. The fourth-order valence-corrected chi connectivity index (χ4v) is 3.41. The second-order valence-corrected chi connectivity index (χ2v) is 6.41. The molecule has 2 aliphatic rings. The first kappa shape index (κ1) is 17.0. The molecule has 22 heavy (non-hydrogen) atoms. The minimum atomic E-state index is -0.872. The van der Waals surface area contributed by atoms with E-state index in [0.717, 1.165) is 19.3 Å². The number of methoxy groups -OCH3 is 1. The van der Waals surface area contributed by atoms with Gasteiger partial charge in [0.1, 0.15) is 0 Å². The topological polar surface area (TPSA) is 92.9 Å². The zero-order valence-electron chi connectivity index (χ0n) is 13.2. The van der Waals surface area contributed by atoms with Gasteiger partial charge in [0, 0.05) is 20.2 Å². The van der Waals surface area contributed by atoms with Crippen molar-refractivity contribution >= 4 is 11.9 Å². The van der Waals surface area contributed by atoms with Crippen LogP contribution in [0.25, 0.3) is 0 Å². The fraction of sp³-hybridized carbons (Fsp3) is 0.750. The summed E-state index contributed by atoms with van der Waals surface area (Å²) in [6.45, 7) is 1.05. The number of hydrogen-bond donors (Lipinski definition) is 2. The molecule has 0 aromatic carbocycles. The fourth-order valence-electron chi connectivity index (χ4n) is 3.41. The standard InChI is InChI=1S/C16H26N2O4/c1-22-11-16(15(20)21)7-9-18(10-8-16)14(19)13(17)12-5-3-2-4-6-12/h2-3,12-13H,4-11,17H2,1H3,(H,20,21). The number of piperidine rings is 1. The van der Waals surface area contributed by atoms with Crippen LogP contribution in [-0.2, 0) is 14.3 Å². The van der Waals surface area contributed by atoms with Gasteiger partial charge in [-0.1, -0.05) is 12.2 Å². The average Bonchev–Trinajstić information content (AvgIpc) is 2.55. The lowest BCUT2D eigenvalue weighted by molar-refractivity contribution is -0.158. The third kappa shape index (κ3) is 3.50. The summed E-state index contributed by atoms with van der Waals surface area (Å²) in [6.07, 6.45) is 7.82. The Kier molecular flexibility index (Phi) is 5.58. The van der Waals surface area contributed by atoms with E-state index in [2.05, 4.69) is 12.2 Å². The minimum absolute atomic E-state index is 0.0447. The largest absolute Gasteiger partial charge is 0.481 e. The van der Waals surface area contributed by atoms with Gasteiger partial charge in [-0.3, -0.25) is 9.59 Å². The van der Waals surface area contributed by atoms with Gasteiger partial charge in [-0.05, 0) is 38.0 Å². The molecule has 1 aliphatic heterocycles. The Morgan fingerprint density at radius 2 is 2.09 bits per heavy atom. The maximum absolute atomic E-state index is 12.5. The summed E-state index contributed by atoms with van der Waals surface area (Å²) in [5.74, 6) is -0.692. The normalized spacial score (nSPS) is 25.7. The third-order valence-electron chi connectivity index (χ3n) is 5.01. The summed E-state index contributed by atoms with van der Waals surface area (Å²) >= 11 is 0. The van der Waals surface area contributed by atoms with Gasteiger partial charge in [0.05, 0.1) is 18.1 Å². The van der Waals surface area contributed by atoms with Gasteiger partial charge >= 0.3 is 5.97 Å². The molecule has 3 N–H and O–H groups in total. The van der Waals surface area contributed by atoms with Crippen molar-refractivity contribution in [1.29, 1.82) is 0 Å². The molecule has 2 unspecified atom stereocenters. The van der Waals surface area contributed by atoms with Crippen LogP contribution >= 0.6 is 0 Å². The van der Waals surface area contributed by atoms with Crippen LogP contribution in [0.2, 0.25) is 0 Å². The molecule has 1 saturated heterocycles. The number of carboxylic acids is 1. The van der Waals surface area contributed by atoms with Crippen LogP contribution in [0.3, 0.4) is 0 Å². The van der Waals surface area contributed by atoms with Gasteiger partial charge in [0.15, 0.2) is 0 Å². The SMILES string of the molecule is COCC1(C(=O)O)CCN(C(=O)C(N)C2CC=CCC2)CC1. The van der Waals surface area contributed by atoms with E-state index in [1.807, 2.05) is 0 Å². The summed E-state index contributed by atoms with van der Waals surface area (Å²) in [5.41, 5.74) is 5.27. The second-order valence-electron chi connectivity index (χ2n) is 6.41. The van der Waals surface area contributed by atoms with E-state index in [1.165, 1.54) is 7.11 Å². The van der Waals surface area contributed by atoms with Gasteiger partial charge in [0.25, 0.3) is 0 Å². The Hall–Kier alpha value is -1.40. The maximum atomic E-state index is 12.5. The van der Waals surface area contributed by atoms with Crippen molar-refractivity contribution in [2.24, 2.45) is 17.1 Å². The van der Waals surface area contributed by atoms with Crippen LogP contribution < -0.4 is 5.73 Å². The van der Waals surface area contributed by atoms with Gasteiger partial charge in [0.2, 0.25) is 5.91 Å². The Morgan fingerprint density at radius 1 is 1.41 bits per heavy atom. The predicted octanol–water partition coefficient (Wildman–Crippen LogP) is 1.01. The number of nitrogens with zero attached hydrogens (tertiary/aromatic N) is 1. The third-order valence-corrected chi connectivity index (χ3v) is 5.01. The lowest BCUT2D eigenvalue weighted by atomic mass is 9.78. The Morgan fingerprint density at radius 3 is 2.59 bits per heavy atom. The quantitative estimate of drug-likeness (QED) is 0.739. The van der Waals surface area contributed by atoms with E-state index in [0.29, 0.717) is 25.9 Å². The number of amides is 1. The number of allylic oxidation sites excluding steroid dienone is 2. The molecule has 2 rings (SSSR count). The van der Waals surface area contributed by atoms with Crippen LogP contribution in [-0.4, -0.2) is 54.7 Å². The molecule has 1 fully saturated rings. The number of hydrogen-bond acceptors (Lipinski definition) is 4. The first-order chi connectivity index (χ1) is 10.5. The zero-order chi connectivity index (χ0) is 16.2. The highest BCUT2D eigenvalue weighted by Crippen LogP contribution is 2.33. The Bertz CT molecular complexity index is 441. The number of rotatable bonds is 5. The summed E-state index contributed by atoms with van der Waals surface area (Å²) in [7, 11) is 1.51. The van der Waals surface area contributed by atoms with Crippen molar-refractivity contribution in [1.82, 2.24) is 4.90 Å². The highest BCUT2D eigenvalue weighted by atomic mass is 16.5. The number of ether oxygens (including phenoxy) is 1. The van der Waals surface area contributed by atoms with Crippen LogP contribution in [0.1, 0.15) is 32.1 Å². The summed E-state index contributed by atoms with van der Waals surface area (Å²) in [5, 5.41) is 9.44. The molecule has 0 radical (unpaired) electrons. The average molecular weight is 310 g/mol. The zero-order valence-corrected chi connectivity index (χ0v) is 13.2. The maximum Gasteiger partial charge on any atom is 0.312 e. The number of carbonyl (C=O) groups is 2. The molecule has 6 nitrogen and oxygen atoms in total. The van der Waals surface area contributed by atoms with E-state index in [1.54, 1.807) is 4.90 Å². The number of nitrogens with two attached hydrogens (primary N) is 1. The van der Waals surface area contributed by atoms with Crippen LogP contribution in [0.15, 0.2) is 12.2 Å². The van der Waals surface area contributed by atoms with Crippen molar-refractivity contribution in [3.8, 4) is 0 Å². The first-order valence-electron chi connectivity index (χ1n) is 7.92. The molecule has 0 saturated carbocycles. The second kappa shape index (κ2) is 7.24. The number of aliphatic carboxylic acids is 1. The Balaban J connectivity index is 1.94. The number of carboxylic acid groups (broad SMARTS) is 1. The van der Waals surface area contributed by atoms with Gasteiger partial charge < -0.3 is 20.5 Å². The van der Waals surface area contributed by atoms with Crippen LogP contribution in [0.5, 0.6) is 0 Å². The van der Waals surface area contributed by atoms with E-state index < -0.39 is 17.4 Å². The summed E-state index contributed by atoms with van der Waals surface area (Å²) in [4.78, 5) is 25.8. The molecule has 0 aromatic rings. The van der Waals surface area contributed by atoms with Crippen molar-refractivity contribution in [3.05, 3.63) is 12.2 Å². The molecule has 2 atom stereocenters. The van der Waals surface area contributed by atoms with Gasteiger partial charge in [-0.2, -0.15) is 0 Å². The summed E-state index contributed by atoms with van der Waals surface area (Å²) < 4.78 is 5.07. The van der Waals surface area contributed by atoms with Gasteiger partial charge in [-0.15, -0.1) is 0 Å². The molecule has 124 valence electrons. The van der Waals surface area contributed by atoms with Crippen molar-refractivity contribution in [3.63, 3.8) is 0 Å². The molecule has 1 aliphatic carbocycles. The smallest absolute Gasteiger partial charge is 0.312 e. The van der Waals surface area contributed by atoms with Crippen molar-refractivity contribution in [2.45, 2.75) is 38.1 Å². The highest BCUT2D eigenvalue weighted by Gasteiger charge is 2.43. The molecule has 0 bridgehead atoms. The molecular weight excluding hydrogens is 284 g/mol. The van der Waals surface area contributed by atoms with E-state index >= 15 is 0 Å². The summed E-state index contributed by atoms with van der Waals surface area (Å²) in [6, 6.07) is -0.482. The first-order valence-corrected chi connectivity index (χ1v) is 7.92. The molecule has 0 aromatic heterocycles. The number of carbonyl (C=O) groups excluding carboxylic acids is 1. The lowest BCUT2D eigenvalue weighted by Gasteiger charge is -2.40. The Labute approximate surface area is 131 Å². The lowest BCUT2D eigenvalue weighted by Crippen LogP contribution is -2.54. The number of likely N-dealkylation sites (tertiary alicyclic amines) is 1.